The highest BCUT2D eigenvalue weighted by Gasteiger charge is 2.23. The first-order chi connectivity index (χ1) is 16.0. The van der Waals surface area contributed by atoms with Gasteiger partial charge in [-0.1, -0.05) is 34.8 Å². The van der Waals surface area contributed by atoms with Crippen LogP contribution in [0.1, 0.15) is 46.4 Å². The van der Waals surface area contributed by atoms with Gasteiger partial charge in [-0.15, -0.1) is 11.3 Å². The third-order valence-electron chi connectivity index (χ3n) is 4.55. The van der Waals surface area contributed by atoms with Crippen LogP contribution in [0.4, 0.5) is 11.5 Å². The molecular formula is C23H23Cl3N4O3S. The molecule has 0 saturated carbocycles. The number of amides is 2. The van der Waals surface area contributed by atoms with Crippen molar-refractivity contribution in [3.8, 4) is 5.75 Å². The van der Waals surface area contributed by atoms with Gasteiger partial charge in [0.25, 0.3) is 11.8 Å². The number of methoxy groups -OCH3 is 1. The zero-order chi connectivity index (χ0) is 25.0. The number of aromatic nitrogens is 1. The van der Waals surface area contributed by atoms with Gasteiger partial charge in [-0.25, -0.2) is 4.98 Å². The maximum absolute atomic E-state index is 13.1. The van der Waals surface area contributed by atoms with Crippen LogP contribution in [-0.2, 0) is 6.54 Å². The lowest BCUT2D eigenvalue weighted by Crippen LogP contribution is -2.35. The van der Waals surface area contributed by atoms with Crippen LogP contribution in [0.2, 0.25) is 15.1 Å². The van der Waals surface area contributed by atoms with Gasteiger partial charge in [-0.05, 0) is 49.9 Å². The third-order valence-corrected chi connectivity index (χ3v) is 6.57. The quantitative estimate of drug-likeness (QED) is 0.317. The minimum atomic E-state index is -0.543. The van der Waals surface area contributed by atoms with Crippen LogP contribution in [0, 0.1) is 0 Å². The van der Waals surface area contributed by atoms with E-state index in [0.717, 1.165) is 5.56 Å². The zero-order valence-corrected chi connectivity index (χ0v) is 22.0. The van der Waals surface area contributed by atoms with Crippen molar-refractivity contribution in [3.05, 3.63) is 66.9 Å². The standard InChI is InChI=1S/C23H23Cl3N4O3S/c1-23(2,3)28-9-12-11-34-20(18(12)26)22(32)30-19-15(7-14(25)8-16(19)33-4)21(31)29-17-6-5-13(24)10-27-17/h5-8,10-11,28H,9H2,1-4H3,(H,30,32)(H,27,29,31). The van der Waals surface area contributed by atoms with Crippen LogP contribution in [0.15, 0.2) is 35.8 Å². The molecule has 0 spiro atoms. The van der Waals surface area contributed by atoms with Crippen molar-refractivity contribution in [1.82, 2.24) is 10.3 Å². The van der Waals surface area contributed by atoms with Gasteiger partial charge in [0.2, 0.25) is 0 Å². The molecule has 0 aliphatic rings. The molecule has 0 atom stereocenters. The lowest BCUT2D eigenvalue weighted by atomic mass is 10.1. The Morgan fingerprint density at radius 1 is 1.06 bits per heavy atom. The van der Waals surface area contributed by atoms with Crippen molar-refractivity contribution in [2.24, 2.45) is 0 Å². The monoisotopic (exact) mass is 540 g/mol. The number of pyridine rings is 1. The molecule has 0 saturated heterocycles. The largest absolute Gasteiger partial charge is 0.494 e. The smallest absolute Gasteiger partial charge is 0.267 e. The summed E-state index contributed by atoms with van der Waals surface area (Å²) in [5.74, 6) is -0.519. The van der Waals surface area contributed by atoms with E-state index in [9.17, 15) is 9.59 Å². The van der Waals surface area contributed by atoms with Crippen molar-refractivity contribution in [2.45, 2.75) is 32.9 Å². The first kappa shape index (κ1) is 26.2. The van der Waals surface area contributed by atoms with Crippen LogP contribution in [0.25, 0.3) is 0 Å². The van der Waals surface area contributed by atoms with Crippen molar-refractivity contribution >= 4 is 69.5 Å². The molecule has 0 unspecified atom stereocenters. The zero-order valence-electron chi connectivity index (χ0n) is 18.9. The Hall–Kier alpha value is -2.36. The number of benzene rings is 1. The van der Waals surface area contributed by atoms with Crippen LogP contribution < -0.4 is 20.7 Å². The highest BCUT2D eigenvalue weighted by Crippen LogP contribution is 2.35. The number of ether oxygens (including phenoxy) is 1. The van der Waals surface area contributed by atoms with E-state index in [1.165, 1.54) is 36.8 Å². The predicted octanol–water partition coefficient (Wildman–Crippen LogP) is 6.50. The summed E-state index contributed by atoms with van der Waals surface area (Å²) in [6.45, 7) is 6.64. The summed E-state index contributed by atoms with van der Waals surface area (Å²) < 4.78 is 5.38. The third kappa shape index (κ3) is 6.61. The van der Waals surface area contributed by atoms with Crippen molar-refractivity contribution in [2.75, 3.05) is 17.7 Å². The summed E-state index contributed by atoms with van der Waals surface area (Å²) >= 11 is 19.8. The van der Waals surface area contributed by atoms with Crippen molar-refractivity contribution in [3.63, 3.8) is 0 Å². The first-order valence-corrected chi connectivity index (χ1v) is 12.1. The second-order valence-electron chi connectivity index (χ2n) is 8.31. The highest BCUT2D eigenvalue weighted by molar-refractivity contribution is 7.13. The molecule has 1 aromatic carbocycles. The van der Waals surface area contributed by atoms with E-state index in [-0.39, 0.29) is 33.4 Å². The van der Waals surface area contributed by atoms with E-state index >= 15 is 0 Å². The van der Waals surface area contributed by atoms with Crippen molar-refractivity contribution < 1.29 is 14.3 Å². The van der Waals surface area contributed by atoms with Crippen LogP contribution in [-0.4, -0.2) is 29.4 Å². The molecule has 3 rings (SSSR count). The molecule has 2 heterocycles. The molecule has 0 fully saturated rings. The fourth-order valence-corrected chi connectivity index (χ4v) is 4.45. The van der Waals surface area contributed by atoms with Gasteiger partial charge in [0.05, 0.1) is 28.4 Å². The Kier molecular flexibility index (Phi) is 8.43. The summed E-state index contributed by atoms with van der Waals surface area (Å²) in [7, 11) is 1.41. The summed E-state index contributed by atoms with van der Waals surface area (Å²) in [5, 5.41) is 11.6. The van der Waals surface area contributed by atoms with E-state index in [1.807, 2.05) is 26.2 Å². The minimum Gasteiger partial charge on any atom is -0.494 e. The molecule has 0 aliphatic heterocycles. The van der Waals surface area contributed by atoms with E-state index in [4.69, 9.17) is 39.5 Å². The Morgan fingerprint density at radius 2 is 1.79 bits per heavy atom. The Morgan fingerprint density at radius 3 is 2.41 bits per heavy atom. The molecule has 11 heteroatoms. The SMILES string of the molecule is COc1cc(Cl)cc(C(=O)Nc2ccc(Cl)cn2)c1NC(=O)c1scc(CNC(C)(C)C)c1Cl. The van der Waals surface area contributed by atoms with Gasteiger partial charge in [0, 0.05) is 29.4 Å². The number of hydrogen-bond donors (Lipinski definition) is 3. The summed E-state index contributed by atoms with van der Waals surface area (Å²) in [4.78, 5) is 30.5. The maximum Gasteiger partial charge on any atom is 0.267 e. The molecule has 180 valence electrons. The second-order valence-corrected chi connectivity index (χ2v) is 10.4. The summed E-state index contributed by atoms with van der Waals surface area (Å²) in [5.41, 5.74) is 0.950. The Labute approximate surface area is 216 Å². The van der Waals surface area contributed by atoms with Gasteiger partial charge in [0.15, 0.2) is 0 Å². The molecule has 0 bridgehead atoms. The van der Waals surface area contributed by atoms with Crippen LogP contribution in [0.5, 0.6) is 5.75 Å². The number of nitrogens with zero attached hydrogens (tertiary/aromatic N) is 1. The summed E-state index contributed by atoms with van der Waals surface area (Å²) in [6.07, 6.45) is 1.41. The molecule has 0 radical (unpaired) electrons. The average Bonchev–Trinajstić information content (AvgIpc) is 3.14. The van der Waals surface area contributed by atoms with Gasteiger partial charge < -0.3 is 20.7 Å². The molecular weight excluding hydrogens is 519 g/mol. The molecule has 3 aromatic rings. The van der Waals surface area contributed by atoms with Crippen molar-refractivity contribution in [1.29, 1.82) is 0 Å². The van der Waals surface area contributed by atoms with Crippen LogP contribution >= 0.6 is 46.1 Å². The van der Waals surface area contributed by atoms with Gasteiger partial charge in [-0.2, -0.15) is 0 Å². The average molecular weight is 542 g/mol. The van der Waals surface area contributed by atoms with E-state index in [0.29, 0.717) is 21.5 Å². The van der Waals surface area contributed by atoms with Gasteiger partial charge >= 0.3 is 0 Å². The number of thiophene rings is 1. The number of nitrogens with one attached hydrogen (secondary N) is 3. The molecule has 2 aromatic heterocycles. The number of anilines is 2. The molecule has 34 heavy (non-hydrogen) atoms. The highest BCUT2D eigenvalue weighted by atomic mass is 35.5. The van der Waals surface area contributed by atoms with E-state index in [1.54, 1.807) is 12.1 Å². The molecule has 3 N–H and O–H groups in total. The number of carbonyl (C=O) groups excluding carboxylic acids is 2. The lowest BCUT2D eigenvalue weighted by Gasteiger charge is -2.20. The fraction of sp³-hybridized carbons (Fsp3) is 0.261. The molecule has 0 aliphatic carbocycles. The van der Waals surface area contributed by atoms with E-state index < -0.39 is 11.8 Å². The number of carbonyl (C=O) groups is 2. The first-order valence-electron chi connectivity index (χ1n) is 10.1. The minimum absolute atomic E-state index is 0.0942. The summed E-state index contributed by atoms with van der Waals surface area (Å²) in [6, 6.07) is 6.08. The van der Waals surface area contributed by atoms with Crippen LogP contribution in [0.3, 0.4) is 0 Å². The van der Waals surface area contributed by atoms with Gasteiger partial charge in [0.1, 0.15) is 16.4 Å². The molecule has 7 nitrogen and oxygen atoms in total. The van der Waals surface area contributed by atoms with E-state index in [2.05, 4.69) is 20.9 Å². The predicted molar refractivity (Wildman–Crippen MR) is 139 cm³/mol. The topological polar surface area (TPSA) is 92.3 Å². The maximum atomic E-state index is 13.1. The fourth-order valence-electron chi connectivity index (χ4n) is 2.87. The Bertz CT molecular complexity index is 1210. The number of rotatable bonds is 7. The van der Waals surface area contributed by atoms with Gasteiger partial charge in [-0.3, -0.25) is 9.59 Å². The second kappa shape index (κ2) is 10.9. The Balaban J connectivity index is 1.89. The number of hydrogen-bond acceptors (Lipinski definition) is 6. The normalized spacial score (nSPS) is 11.3. The lowest BCUT2D eigenvalue weighted by molar-refractivity contribution is 0.102. The number of halogens is 3. The molecule has 2 amide bonds.